The number of para-hydroxylation sites is 1. The lowest BCUT2D eigenvalue weighted by atomic mass is 10.0. The van der Waals surface area contributed by atoms with Gasteiger partial charge in [-0.3, -0.25) is 9.69 Å². The Hall–Kier alpha value is -4.26. The van der Waals surface area contributed by atoms with Gasteiger partial charge in [0, 0.05) is 24.1 Å². The van der Waals surface area contributed by atoms with E-state index in [1.54, 1.807) is 15.8 Å². The molecule has 0 saturated carbocycles. The van der Waals surface area contributed by atoms with Crippen LogP contribution in [0.4, 0.5) is 11.4 Å². The molecular weight excluding hydrogens is 392 g/mol. The van der Waals surface area contributed by atoms with Crippen LogP contribution in [0.25, 0.3) is 5.69 Å². The Morgan fingerprint density at radius 2 is 1.71 bits per heavy atom. The van der Waals surface area contributed by atoms with E-state index in [0.29, 0.717) is 17.1 Å². The van der Waals surface area contributed by atoms with Crippen molar-refractivity contribution in [1.82, 2.24) is 9.78 Å². The van der Waals surface area contributed by atoms with Crippen molar-refractivity contribution in [2.75, 3.05) is 17.0 Å². The van der Waals surface area contributed by atoms with Crippen molar-refractivity contribution in [2.45, 2.75) is 6.17 Å². The molecule has 1 amide bonds. The Morgan fingerprint density at radius 3 is 2.55 bits per heavy atom. The number of nitrogens with zero attached hydrogens (tertiary/aromatic N) is 3. The molecule has 0 fully saturated rings. The molecule has 0 bridgehead atoms. The first kappa shape index (κ1) is 17.6. The van der Waals surface area contributed by atoms with Gasteiger partial charge in [-0.15, -0.1) is 0 Å². The standard InChI is InChI=1S/C24H18N4O3/c29-24-19-4-1-2-5-20(19)26-23(16-6-8-17(9-7-16)27-13-3-12-25-27)28(24)18-10-11-21-22(14-18)31-15-30-21/h1-14,23,26H,15H2. The predicted octanol–water partition coefficient (Wildman–Crippen LogP) is 4.37. The first-order chi connectivity index (χ1) is 15.3. The van der Waals surface area contributed by atoms with Gasteiger partial charge in [-0.2, -0.15) is 5.10 Å². The summed E-state index contributed by atoms with van der Waals surface area (Å²) >= 11 is 0. The van der Waals surface area contributed by atoms with Crippen molar-refractivity contribution >= 4 is 17.3 Å². The summed E-state index contributed by atoms with van der Waals surface area (Å²) < 4.78 is 12.8. The van der Waals surface area contributed by atoms with E-state index in [9.17, 15) is 4.79 Å². The number of amides is 1. The highest BCUT2D eigenvalue weighted by Crippen LogP contribution is 2.41. The van der Waals surface area contributed by atoms with Crippen molar-refractivity contribution < 1.29 is 14.3 Å². The summed E-state index contributed by atoms with van der Waals surface area (Å²) in [7, 11) is 0. The average molecular weight is 410 g/mol. The number of rotatable bonds is 3. The molecule has 1 atom stereocenters. The third kappa shape index (κ3) is 2.90. The van der Waals surface area contributed by atoms with Crippen molar-refractivity contribution in [3.05, 3.63) is 96.3 Å². The van der Waals surface area contributed by atoms with Gasteiger partial charge in [0.25, 0.3) is 5.91 Å². The summed E-state index contributed by atoms with van der Waals surface area (Å²) in [6, 6.07) is 23.0. The molecule has 2 aliphatic heterocycles. The zero-order valence-corrected chi connectivity index (χ0v) is 16.4. The fourth-order valence-electron chi connectivity index (χ4n) is 4.02. The number of fused-ring (bicyclic) bond motifs is 2. The van der Waals surface area contributed by atoms with Gasteiger partial charge in [-0.1, -0.05) is 24.3 Å². The molecule has 0 aliphatic carbocycles. The Bertz CT molecular complexity index is 1270. The summed E-state index contributed by atoms with van der Waals surface area (Å²) in [4.78, 5) is 15.3. The van der Waals surface area contributed by atoms with Crippen LogP contribution in [0.2, 0.25) is 0 Å². The van der Waals surface area contributed by atoms with Crippen LogP contribution in [0.1, 0.15) is 22.1 Å². The van der Waals surface area contributed by atoms with E-state index in [0.717, 1.165) is 22.6 Å². The zero-order valence-electron chi connectivity index (χ0n) is 16.4. The molecule has 6 rings (SSSR count). The summed E-state index contributed by atoms with van der Waals surface area (Å²) in [5.74, 6) is 1.24. The number of carbonyl (C=O) groups is 1. The van der Waals surface area contributed by atoms with Gasteiger partial charge >= 0.3 is 0 Å². The van der Waals surface area contributed by atoms with Crippen LogP contribution >= 0.6 is 0 Å². The first-order valence-corrected chi connectivity index (χ1v) is 9.97. The van der Waals surface area contributed by atoms with Crippen molar-refractivity contribution in [1.29, 1.82) is 0 Å². The number of benzene rings is 3. The minimum atomic E-state index is -0.380. The van der Waals surface area contributed by atoms with E-state index in [1.165, 1.54) is 0 Å². The van der Waals surface area contributed by atoms with Gasteiger partial charge in [-0.25, -0.2) is 4.68 Å². The Morgan fingerprint density at radius 1 is 0.903 bits per heavy atom. The van der Waals surface area contributed by atoms with Gasteiger partial charge in [0.2, 0.25) is 6.79 Å². The molecule has 7 heteroatoms. The van der Waals surface area contributed by atoms with E-state index in [4.69, 9.17) is 9.47 Å². The molecule has 1 N–H and O–H groups in total. The molecule has 0 spiro atoms. The van der Waals surface area contributed by atoms with Gasteiger partial charge in [0.05, 0.1) is 16.9 Å². The van der Waals surface area contributed by atoms with Crippen LogP contribution in [-0.4, -0.2) is 22.5 Å². The largest absolute Gasteiger partial charge is 0.454 e. The predicted molar refractivity (Wildman–Crippen MR) is 116 cm³/mol. The molecule has 2 aliphatic rings. The lowest BCUT2D eigenvalue weighted by Gasteiger charge is -2.38. The quantitative estimate of drug-likeness (QED) is 0.543. The molecule has 1 aromatic heterocycles. The zero-order chi connectivity index (χ0) is 20.8. The number of aromatic nitrogens is 2. The van der Waals surface area contributed by atoms with Gasteiger partial charge in [-0.05, 0) is 48.0 Å². The molecule has 7 nitrogen and oxygen atoms in total. The summed E-state index contributed by atoms with van der Waals surface area (Å²) in [5, 5.41) is 7.80. The topological polar surface area (TPSA) is 68.6 Å². The molecule has 0 saturated heterocycles. The molecule has 31 heavy (non-hydrogen) atoms. The number of anilines is 2. The van der Waals surface area contributed by atoms with Gasteiger partial charge < -0.3 is 14.8 Å². The normalized spacial score (nSPS) is 16.7. The lowest BCUT2D eigenvalue weighted by Crippen LogP contribution is -2.43. The molecule has 3 heterocycles. The van der Waals surface area contributed by atoms with Crippen LogP contribution < -0.4 is 19.7 Å². The molecular formula is C24H18N4O3. The highest BCUT2D eigenvalue weighted by molar-refractivity contribution is 6.12. The third-order valence-corrected chi connectivity index (χ3v) is 5.54. The second kappa shape index (κ2) is 6.91. The van der Waals surface area contributed by atoms with Crippen LogP contribution in [0.5, 0.6) is 11.5 Å². The second-order valence-electron chi connectivity index (χ2n) is 7.35. The second-order valence-corrected chi connectivity index (χ2v) is 7.35. The molecule has 152 valence electrons. The Kier molecular flexibility index (Phi) is 3.92. The van der Waals surface area contributed by atoms with Gasteiger partial charge in [0.15, 0.2) is 11.5 Å². The minimum Gasteiger partial charge on any atom is -0.454 e. The lowest BCUT2D eigenvalue weighted by molar-refractivity contribution is 0.0975. The Labute approximate surface area is 178 Å². The molecule has 4 aromatic rings. The Balaban J connectivity index is 1.44. The maximum atomic E-state index is 13.6. The van der Waals surface area contributed by atoms with E-state index in [-0.39, 0.29) is 18.9 Å². The van der Waals surface area contributed by atoms with Crippen molar-refractivity contribution in [3.63, 3.8) is 0 Å². The van der Waals surface area contributed by atoms with E-state index < -0.39 is 0 Å². The number of carbonyl (C=O) groups excluding carboxylic acids is 1. The van der Waals surface area contributed by atoms with Crippen LogP contribution in [0.15, 0.2) is 85.2 Å². The molecule has 0 radical (unpaired) electrons. The molecule has 1 unspecified atom stereocenters. The highest BCUT2D eigenvalue weighted by atomic mass is 16.7. The number of hydrogen-bond acceptors (Lipinski definition) is 5. The van der Waals surface area contributed by atoms with E-state index in [2.05, 4.69) is 10.4 Å². The highest BCUT2D eigenvalue weighted by Gasteiger charge is 2.34. The van der Waals surface area contributed by atoms with Crippen molar-refractivity contribution in [2.24, 2.45) is 0 Å². The van der Waals surface area contributed by atoms with E-state index >= 15 is 0 Å². The first-order valence-electron chi connectivity index (χ1n) is 9.97. The van der Waals surface area contributed by atoms with Crippen LogP contribution in [0.3, 0.4) is 0 Å². The summed E-state index contributed by atoms with van der Waals surface area (Å²) in [6.07, 6.45) is 3.26. The average Bonchev–Trinajstić information content (AvgIpc) is 3.51. The fraction of sp³-hybridized carbons (Fsp3) is 0.0833. The number of ether oxygens (including phenoxy) is 2. The number of nitrogens with one attached hydrogen (secondary N) is 1. The SMILES string of the molecule is O=C1c2ccccc2NC(c2ccc(-n3cccn3)cc2)N1c1ccc2c(c1)OCO2. The summed E-state index contributed by atoms with van der Waals surface area (Å²) in [5.41, 5.74) is 4.08. The van der Waals surface area contributed by atoms with Crippen LogP contribution in [-0.2, 0) is 0 Å². The monoisotopic (exact) mass is 410 g/mol. The van der Waals surface area contributed by atoms with Gasteiger partial charge in [0.1, 0.15) is 6.17 Å². The number of hydrogen-bond donors (Lipinski definition) is 1. The molecule has 3 aromatic carbocycles. The van der Waals surface area contributed by atoms with Crippen LogP contribution in [0, 0.1) is 0 Å². The maximum Gasteiger partial charge on any atom is 0.262 e. The van der Waals surface area contributed by atoms with E-state index in [1.807, 2.05) is 79.0 Å². The maximum absolute atomic E-state index is 13.6. The third-order valence-electron chi connectivity index (χ3n) is 5.54. The minimum absolute atomic E-state index is 0.0747. The van der Waals surface area contributed by atoms with Crippen molar-refractivity contribution in [3.8, 4) is 17.2 Å². The smallest absolute Gasteiger partial charge is 0.262 e. The summed E-state index contributed by atoms with van der Waals surface area (Å²) in [6.45, 7) is 0.187. The fourth-order valence-corrected chi connectivity index (χ4v) is 4.02.